The number of aryl methyl sites for hydroxylation is 1. The largest absolute Gasteiger partial charge is 0.332 e. The molecule has 9 nitrogen and oxygen atoms in total. The molecule has 0 unspecified atom stereocenters. The van der Waals surface area contributed by atoms with Crippen LogP contribution >= 0.6 is 11.8 Å². The number of pyridine rings is 1. The van der Waals surface area contributed by atoms with Crippen molar-refractivity contribution in [2.24, 2.45) is 0 Å². The molecule has 0 saturated heterocycles. The van der Waals surface area contributed by atoms with Gasteiger partial charge < -0.3 is 9.47 Å². The van der Waals surface area contributed by atoms with Gasteiger partial charge >= 0.3 is 0 Å². The second kappa shape index (κ2) is 6.87. The predicted octanol–water partition coefficient (Wildman–Crippen LogP) is 1.46. The number of carbonyl (C=O) groups is 1. The molecule has 1 amide bonds. The van der Waals surface area contributed by atoms with Crippen molar-refractivity contribution in [1.29, 1.82) is 0 Å². The number of hydrogen-bond acceptors (Lipinski definition) is 7. The summed E-state index contributed by atoms with van der Waals surface area (Å²) in [5.41, 5.74) is 0.786. The molecular weight excluding hydrogens is 352 g/mol. The molecule has 1 atom stereocenters. The lowest BCUT2D eigenvalue weighted by Gasteiger charge is -2.32. The summed E-state index contributed by atoms with van der Waals surface area (Å²) >= 11 is 1.33. The number of nitrogens with one attached hydrogen (secondary N) is 1. The number of H-pyrrole nitrogens is 1. The summed E-state index contributed by atoms with van der Waals surface area (Å²) < 4.78 is 2.07. The standard InChI is InChI=1S/C16H18N8OS/c1-10-7-23(14(25)9-26-16-18-11(2)19-22-16)8-13-20-21-15(24(10)13)12-5-3-4-6-17-12/h3-6,10H,7-9H2,1-2H3,(H,18,19,22)/t10-/m0/s1. The van der Waals surface area contributed by atoms with E-state index in [0.29, 0.717) is 24.0 Å². The molecule has 0 aliphatic carbocycles. The first-order chi connectivity index (χ1) is 12.6. The third kappa shape index (κ3) is 3.19. The zero-order valence-electron chi connectivity index (χ0n) is 14.5. The van der Waals surface area contributed by atoms with Gasteiger partial charge in [-0.15, -0.1) is 15.3 Å². The Morgan fingerprint density at radius 3 is 3.00 bits per heavy atom. The molecule has 10 heteroatoms. The van der Waals surface area contributed by atoms with Crippen molar-refractivity contribution < 1.29 is 4.79 Å². The van der Waals surface area contributed by atoms with Crippen LogP contribution in [0.4, 0.5) is 0 Å². The number of amides is 1. The fourth-order valence-electron chi connectivity index (χ4n) is 2.99. The maximum atomic E-state index is 12.6. The van der Waals surface area contributed by atoms with E-state index in [0.717, 1.165) is 23.2 Å². The van der Waals surface area contributed by atoms with Crippen molar-refractivity contribution in [1.82, 2.24) is 39.8 Å². The van der Waals surface area contributed by atoms with Gasteiger partial charge in [0.15, 0.2) is 11.6 Å². The molecule has 4 heterocycles. The molecule has 134 valence electrons. The number of rotatable bonds is 4. The Morgan fingerprint density at radius 2 is 2.27 bits per heavy atom. The second-order valence-electron chi connectivity index (χ2n) is 6.14. The maximum Gasteiger partial charge on any atom is 0.233 e. The van der Waals surface area contributed by atoms with E-state index in [4.69, 9.17) is 0 Å². The van der Waals surface area contributed by atoms with Crippen LogP contribution in [-0.2, 0) is 11.3 Å². The van der Waals surface area contributed by atoms with E-state index in [-0.39, 0.29) is 11.9 Å². The van der Waals surface area contributed by atoms with E-state index >= 15 is 0 Å². The highest BCUT2D eigenvalue weighted by Gasteiger charge is 2.29. The minimum atomic E-state index is 0.0398. The van der Waals surface area contributed by atoms with Gasteiger partial charge in [0.05, 0.1) is 18.3 Å². The zero-order chi connectivity index (χ0) is 18.1. The van der Waals surface area contributed by atoms with Gasteiger partial charge in [0.1, 0.15) is 11.5 Å². The maximum absolute atomic E-state index is 12.6. The quantitative estimate of drug-likeness (QED) is 0.693. The topological polar surface area (TPSA) is 105 Å². The van der Waals surface area contributed by atoms with Crippen molar-refractivity contribution >= 4 is 17.7 Å². The van der Waals surface area contributed by atoms with Crippen LogP contribution in [-0.4, -0.2) is 58.0 Å². The molecular formula is C16H18N8OS. The SMILES string of the molecule is Cc1nc(SCC(=O)N2Cc3nnc(-c4ccccn4)n3[C@@H](C)C2)n[nH]1. The first-order valence-electron chi connectivity index (χ1n) is 8.26. The molecule has 1 aliphatic heterocycles. The first kappa shape index (κ1) is 16.7. The fourth-order valence-corrected chi connectivity index (χ4v) is 3.74. The fraction of sp³-hybridized carbons (Fsp3) is 0.375. The van der Waals surface area contributed by atoms with E-state index in [2.05, 4.69) is 41.9 Å². The van der Waals surface area contributed by atoms with Crippen LogP contribution in [0.5, 0.6) is 0 Å². The highest BCUT2D eigenvalue weighted by molar-refractivity contribution is 7.99. The van der Waals surface area contributed by atoms with Gasteiger partial charge in [-0.2, -0.15) is 0 Å². The summed E-state index contributed by atoms with van der Waals surface area (Å²) in [7, 11) is 0. The summed E-state index contributed by atoms with van der Waals surface area (Å²) in [6.07, 6.45) is 1.74. The van der Waals surface area contributed by atoms with Crippen LogP contribution in [0.2, 0.25) is 0 Å². The third-order valence-corrected chi connectivity index (χ3v) is 5.00. The molecule has 1 aliphatic rings. The van der Waals surface area contributed by atoms with Gasteiger partial charge in [0.25, 0.3) is 0 Å². The average molecular weight is 370 g/mol. The van der Waals surface area contributed by atoms with Crippen molar-refractivity contribution in [3.63, 3.8) is 0 Å². The normalized spacial score (nSPS) is 16.5. The lowest BCUT2D eigenvalue weighted by molar-refractivity contribution is -0.130. The minimum Gasteiger partial charge on any atom is -0.332 e. The van der Waals surface area contributed by atoms with Gasteiger partial charge in [0, 0.05) is 12.7 Å². The molecule has 1 N–H and O–H groups in total. The number of hydrogen-bond donors (Lipinski definition) is 1. The van der Waals surface area contributed by atoms with Crippen LogP contribution in [0, 0.1) is 6.92 Å². The van der Waals surface area contributed by atoms with E-state index in [9.17, 15) is 4.79 Å². The summed E-state index contributed by atoms with van der Waals surface area (Å²) in [6, 6.07) is 5.78. The number of aromatic amines is 1. The van der Waals surface area contributed by atoms with Gasteiger partial charge in [-0.1, -0.05) is 17.8 Å². The third-order valence-electron chi connectivity index (χ3n) is 4.17. The first-order valence-corrected chi connectivity index (χ1v) is 9.25. The lowest BCUT2D eigenvalue weighted by atomic mass is 10.2. The van der Waals surface area contributed by atoms with Gasteiger partial charge in [-0.25, -0.2) is 4.98 Å². The van der Waals surface area contributed by atoms with Crippen LogP contribution in [0.1, 0.15) is 24.6 Å². The molecule has 0 bridgehead atoms. The molecule has 0 radical (unpaired) electrons. The van der Waals surface area contributed by atoms with Crippen molar-refractivity contribution in [2.45, 2.75) is 31.6 Å². The predicted molar refractivity (Wildman–Crippen MR) is 95.2 cm³/mol. The van der Waals surface area contributed by atoms with Crippen LogP contribution in [0.15, 0.2) is 29.6 Å². The highest BCUT2D eigenvalue weighted by Crippen LogP contribution is 2.27. The number of carbonyl (C=O) groups excluding carboxylic acids is 1. The van der Waals surface area contributed by atoms with Crippen molar-refractivity contribution in [3.05, 3.63) is 36.0 Å². The van der Waals surface area contributed by atoms with E-state index in [1.807, 2.05) is 30.0 Å². The van der Waals surface area contributed by atoms with Crippen LogP contribution in [0.25, 0.3) is 11.5 Å². The van der Waals surface area contributed by atoms with E-state index in [1.54, 1.807) is 6.20 Å². The molecule has 3 aromatic rings. The Labute approximate surface area is 154 Å². The Balaban J connectivity index is 1.48. The zero-order valence-corrected chi connectivity index (χ0v) is 15.3. The molecule has 3 aromatic heterocycles. The van der Waals surface area contributed by atoms with Crippen molar-refractivity contribution in [2.75, 3.05) is 12.3 Å². The number of fused-ring (bicyclic) bond motifs is 1. The smallest absolute Gasteiger partial charge is 0.233 e. The molecule has 0 saturated carbocycles. The van der Waals surface area contributed by atoms with Gasteiger partial charge in [-0.3, -0.25) is 14.9 Å². The van der Waals surface area contributed by atoms with Gasteiger partial charge in [-0.05, 0) is 26.0 Å². The van der Waals surface area contributed by atoms with Crippen LogP contribution in [0.3, 0.4) is 0 Å². The Morgan fingerprint density at radius 1 is 1.38 bits per heavy atom. The number of nitrogens with zero attached hydrogens (tertiary/aromatic N) is 7. The summed E-state index contributed by atoms with van der Waals surface area (Å²) in [6.45, 7) is 4.94. The lowest BCUT2D eigenvalue weighted by Crippen LogP contribution is -2.41. The molecule has 0 fully saturated rings. The number of aromatic nitrogens is 7. The summed E-state index contributed by atoms with van der Waals surface area (Å²) in [4.78, 5) is 23.0. The van der Waals surface area contributed by atoms with E-state index < -0.39 is 0 Å². The van der Waals surface area contributed by atoms with E-state index in [1.165, 1.54) is 11.8 Å². The van der Waals surface area contributed by atoms with Gasteiger partial charge in [0.2, 0.25) is 11.1 Å². The molecule has 26 heavy (non-hydrogen) atoms. The summed E-state index contributed by atoms with van der Waals surface area (Å²) in [5, 5.41) is 16.0. The second-order valence-corrected chi connectivity index (χ2v) is 7.08. The van der Waals surface area contributed by atoms with Crippen molar-refractivity contribution in [3.8, 4) is 11.5 Å². The monoisotopic (exact) mass is 370 g/mol. The molecule has 4 rings (SSSR count). The van der Waals surface area contributed by atoms with Crippen LogP contribution < -0.4 is 0 Å². The average Bonchev–Trinajstić information content (AvgIpc) is 3.26. The Kier molecular flexibility index (Phi) is 4.41. The minimum absolute atomic E-state index is 0.0398. The summed E-state index contributed by atoms with van der Waals surface area (Å²) in [5.74, 6) is 2.59. The Bertz CT molecular complexity index is 921. The number of thioether (sulfide) groups is 1. The highest BCUT2D eigenvalue weighted by atomic mass is 32.2. The molecule has 0 aromatic carbocycles. The molecule has 0 spiro atoms. The Hall–Kier alpha value is -2.75.